The molecule has 3 rings (SSSR count). The Bertz CT molecular complexity index is 595. The van der Waals surface area contributed by atoms with Crippen LogP contribution in [0.15, 0.2) is 48.7 Å². The number of carbonyl (C=O) groups is 1. The smallest absolute Gasteiger partial charge is 0.270 e. The summed E-state index contributed by atoms with van der Waals surface area (Å²) in [5, 5.41) is 0. The third-order valence-corrected chi connectivity index (χ3v) is 4.43. The van der Waals surface area contributed by atoms with E-state index in [1.54, 1.807) is 0 Å². The van der Waals surface area contributed by atoms with Crippen molar-refractivity contribution in [1.82, 2.24) is 9.47 Å². The van der Waals surface area contributed by atoms with Gasteiger partial charge >= 0.3 is 0 Å². The van der Waals surface area contributed by atoms with E-state index in [2.05, 4.69) is 30.3 Å². The van der Waals surface area contributed by atoms with Crippen LogP contribution in [0.5, 0.6) is 0 Å². The SMILES string of the molecule is Cn1cccc1C(=O)N1CCC(Cc2ccccc2)CC1. The Morgan fingerprint density at radius 2 is 1.81 bits per heavy atom. The maximum absolute atomic E-state index is 12.5. The van der Waals surface area contributed by atoms with Gasteiger partial charge in [0.25, 0.3) is 5.91 Å². The van der Waals surface area contributed by atoms with Crippen LogP contribution in [0.2, 0.25) is 0 Å². The predicted octanol–water partition coefficient (Wildman–Crippen LogP) is 3.12. The number of hydrogen-bond acceptors (Lipinski definition) is 1. The van der Waals surface area contributed by atoms with E-state index in [4.69, 9.17) is 0 Å². The van der Waals surface area contributed by atoms with Crippen molar-refractivity contribution in [2.75, 3.05) is 13.1 Å². The second-order valence-corrected chi connectivity index (χ2v) is 5.93. The first-order valence-electron chi connectivity index (χ1n) is 7.68. The Balaban J connectivity index is 1.56. The van der Waals surface area contributed by atoms with E-state index < -0.39 is 0 Å². The molecule has 1 saturated heterocycles. The average Bonchev–Trinajstić information content (AvgIpc) is 2.94. The fourth-order valence-electron chi connectivity index (χ4n) is 3.13. The van der Waals surface area contributed by atoms with Crippen LogP contribution < -0.4 is 0 Å². The van der Waals surface area contributed by atoms with E-state index in [-0.39, 0.29) is 5.91 Å². The molecule has 2 heterocycles. The van der Waals surface area contributed by atoms with Crippen LogP contribution in [-0.2, 0) is 13.5 Å². The molecule has 2 aromatic rings. The van der Waals surface area contributed by atoms with Crippen LogP contribution >= 0.6 is 0 Å². The maximum atomic E-state index is 12.5. The lowest BCUT2D eigenvalue weighted by Crippen LogP contribution is -2.39. The van der Waals surface area contributed by atoms with Gasteiger partial charge in [-0.15, -0.1) is 0 Å². The van der Waals surface area contributed by atoms with Crippen molar-refractivity contribution in [2.24, 2.45) is 13.0 Å². The first kappa shape index (κ1) is 13.9. The predicted molar refractivity (Wildman–Crippen MR) is 84.2 cm³/mol. The Morgan fingerprint density at radius 1 is 1.10 bits per heavy atom. The van der Waals surface area contributed by atoms with Gasteiger partial charge in [-0.1, -0.05) is 30.3 Å². The van der Waals surface area contributed by atoms with Crippen LogP contribution in [-0.4, -0.2) is 28.5 Å². The lowest BCUT2D eigenvalue weighted by molar-refractivity contribution is 0.0681. The number of rotatable bonds is 3. The van der Waals surface area contributed by atoms with Gasteiger partial charge in [-0.25, -0.2) is 0 Å². The van der Waals surface area contributed by atoms with Crippen molar-refractivity contribution >= 4 is 5.91 Å². The quantitative estimate of drug-likeness (QED) is 0.849. The highest BCUT2D eigenvalue weighted by atomic mass is 16.2. The summed E-state index contributed by atoms with van der Waals surface area (Å²) in [4.78, 5) is 14.4. The fourth-order valence-corrected chi connectivity index (χ4v) is 3.13. The summed E-state index contributed by atoms with van der Waals surface area (Å²) in [6.45, 7) is 1.75. The van der Waals surface area contributed by atoms with Gasteiger partial charge in [-0.3, -0.25) is 4.79 Å². The van der Waals surface area contributed by atoms with Gasteiger partial charge < -0.3 is 9.47 Å². The number of benzene rings is 1. The van der Waals surface area contributed by atoms with Crippen LogP contribution in [0.3, 0.4) is 0 Å². The molecule has 110 valence electrons. The Labute approximate surface area is 126 Å². The van der Waals surface area contributed by atoms with Gasteiger partial charge in [0, 0.05) is 26.3 Å². The molecule has 3 nitrogen and oxygen atoms in total. The van der Waals surface area contributed by atoms with Gasteiger partial charge in [0.05, 0.1) is 0 Å². The monoisotopic (exact) mass is 282 g/mol. The third kappa shape index (κ3) is 3.18. The van der Waals surface area contributed by atoms with E-state index >= 15 is 0 Å². The average molecular weight is 282 g/mol. The third-order valence-electron chi connectivity index (χ3n) is 4.43. The number of aromatic nitrogens is 1. The van der Waals surface area contributed by atoms with E-state index in [0.717, 1.165) is 38.0 Å². The molecule has 0 N–H and O–H groups in total. The first-order valence-corrected chi connectivity index (χ1v) is 7.68. The topological polar surface area (TPSA) is 25.2 Å². The van der Waals surface area contributed by atoms with Crippen molar-refractivity contribution in [1.29, 1.82) is 0 Å². The zero-order valence-electron chi connectivity index (χ0n) is 12.5. The summed E-state index contributed by atoms with van der Waals surface area (Å²) < 4.78 is 1.90. The van der Waals surface area contributed by atoms with E-state index in [1.165, 1.54) is 5.56 Å². The molecule has 0 radical (unpaired) electrons. The normalized spacial score (nSPS) is 16.1. The number of aryl methyl sites for hydroxylation is 1. The first-order chi connectivity index (χ1) is 10.2. The standard InChI is InChI=1S/C18H22N2O/c1-19-11-5-8-17(19)18(21)20-12-9-16(10-13-20)14-15-6-3-2-4-7-15/h2-8,11,16H,9-10,12-14H2,1H3. The molecule has 0 atom stereocenters. The van der Waals surface area contributed by atoms with Crippen LogP contribution in [0.1, 0.15) is 28.9 Å². The summed E-state index contributed by atoms with van der Waals surface area (Å²) in [5.41, 5.74) is 2.20. The molecule has 0 unspecified atom stereocenters. The molecule has 21 heavy (non-hydrogen) atoms. The molecule has 3 heteroatoms. The number of nitrogens with zero attached hydrogens (tertiary/aromatic N) is 2. The lowest BCUT2D eigenvalue weighted by Gasteiger charge is -2.32. The zero-order chi connectivity index (χ0) is 14.7. The van der Waals surface area contributed by atoms with Crippen LogP contribution in [0, 0.1) is 5.92 Å². The molecule has 0 bridgehead atoms. The summed E-state index contributed by atoms with van der Waals surface area (Å²) >= 11 is 0. The number of likely N-dealkylation sites (tertiary alicyclic amines) is 1. The second-order valence-electron chi connectivity index (χ2n) is 5.93. The van der Waals surface area contributed by atoms with E-state index in [1.807, 2.05) is 34.8 Å². The number of amides is 1. The van der Waals surface area contributed by atoms with Gasteiger partial charge in [0.2, 0.25) is 0 Å². The zero-order valence-corrected chi connectivity index (χ0v) is 12.5. The Hall–Kier alpha value is -2.03. The van der Waals surface area contributed by atoms with Gasteiger partial charge in [0.15, 0.2) is 0 Å². The Kier molecular flexibility index (Phi) is 4.09. The largest absolute Gasteiger partial charge is 0.347 e. The van der Waals surface area contributed by atoms with Crippen molar-refractivity contribution < 1.29 is 4.79 Å². The molecule has 1 aromatic carbocycles. The maximum Gasteiger partial charge on any atom is 0.270 e. The molecule has 1 aliphatic rings. The summed E-state index contributed by atoms with van der Waals surface area (Å²) in [7, 11) is 1.93. The van der Waals surface area contributed by atoms with Gasteiger partial charge in [0.1, 0.15) is 5.69 Å². The minimum atomic E-state index is 0.167. The van der Waals surface area contributed by atoms with Gasteiger partial charge in [-0.05, 0) is 42.9 Å². The number of carbonyl (C=O) groups excluding carboxylic acids is 1. The van der Waals surface area contributed by atoms with Crippen molar-refractivity contribution in [2.45, 2.75) is 19.3 Å². The highest BCUT2D eigenvalue weighted by molar-refractivity contribution is 5.92. The highest BCUT2D eigenvalue weighted by Crippen LogP contribution is 2.22. The summed E-state index contributed by atoms with van der Waals surface area (Å²) in [5.74, 6) is 0.866. The molecular weight excluding hydrogens is 260 g/mol. The van der Waals surface area contributed by atoms with Crippen molar-refractivity contribution in [3.63, 3.8) is 0 Å². The molecule has 0 aliphatic carbocycles. The molecule has 0 saturated carbocycles. The van der Waals surface area contributed by atoms with Crippen LogP contribution in [0.4, 0.5) is 0 Å². The van der Waals surface area contributed by atoms with E-state index in [0.29, 0.717) is 5.92 Å². The minimum absolute atomic E-state index is 0.167. The van der Waals surface area contributed by atoms with Crippen molar-refractivity contribution in [3.8, 4) is 0 Å². The fraction of sp³-hybridized carbons (Fsp3) is 0.389. The lowest BCUT2D eigenvalue weighted by atomic mass is 9.90. The van der Waals surface area contributed by atoms with E-state index in [9.17, 15) is 4.79 Å². The molecule has 1 fully saturated rings. The molecule has 1 aromatic heterocycles. The van der Waals surface area contributed by atoms with Gasteiger partial charge in [-0.2, -0.15) is 0 Å². The Morgan fingerprint density at radius 3 is 2.43 bits per heavy atom. The minimum Gasteiger partial charge on any atom is -0.347 e. The molecule has 0 spiro atoms. The van der Waals surface area contributed by atoms with Crippen molar-refractivity contribution in [3.05, 3.63) is 59.9 Å². The molecular formula is C18H22N2O. The molecule has 1 amide bonds. The summed E-state index contributed by atoms with van der Waals surface area (Å²) in [6.07, 6.45) is 5.26. The van der Waals surface area contributed by atoms with Crippen LogP contribution in [0.25, 0.3) is 0 Å². The number of piperidine rings is 1. The highest BCUT2D eigenvalue weighted by Gasteiger charge is 2.24. The molecule has 1 aliphatic heterocycles. The number of hydrogen-bond donors (Lipinski definition) is 0. The summed E-state index contributed by atoms with van der Waals surface area (Å²) in [6, 6.07) is 14.5. The second kappa shape index (κ2) is 6.17.